The van der Waals surface area contributed by atoms with Crippen LogP contribution in [0.4, 0.5) is 0 Å². The normalized spacial score (nSPS) is 25.7. The van der Waals surface area contributed by atoms with Gasteiger partial charge in [-0.3, -0.25) is 0 Å². The third-order valence-corrected chi connectivity index (χ3v) is 3.69. The molecule has 0 bridgehead atoms. The van der Waals surface area contributed by atoms with Gasteiger partial charge < -0.3 is 5.73 Å². The van der Waals surface area contributed by atoms with Gasteiger partial charge in [0.1, 0.15) is 0 Å². The van der Waals surface area contributed by atoms with E-state index in [9.17, 15) is 0 Å². The van der Waals surface area contributed by atoms with Crippen molar-refractivity contribution < 1.29 is 0 Å². The zero-order valence-electron chi connectivity index (χ0n) is 9.36. The Morgan fingerprint density at radius 3 is 2.53 bits per heavy atom. The second-order valence-electron chi connectivity index (χ2n) is 4.72. The fraction of sp³-hybridized carbons (Fsp3) is 0.571. The van der Waals surface area contributed by atoms with Crippen molar-refractivity contribution in [3.8, 4) is 0 Å². The van der Waals surface area contributed by atoms with Crippen LogP contribution in [0.3, 0.4) is 0 Å². The lowest BCUT2D eigenvalue weighted by Crippen LogP contribution is -2.15. The minimum atomic E-state index is 0.857. The second kappa shape index (κ2) is 5.32. The molecule has 15 heavy (non-hydrogen) atoms. The molecule has 1 aromatic carbocycles. The number of nitrogens with two attached hydrogens (primary N) is 1. The highest BCUT2D eigenvalue weighted by molar-refractivity contribution is 5.15. The molecule has 0 aliphatic heterocycles. The lowest BCUT2D eigenvalue weighted by atomic mass is 9.87. The van der Waals surface area contributed by atoms with Crippen molar-refractivity contribution in [2.24, 2.45) is 17.6 Å². The summed E-state index contributed by atoms with van der Waals surface area (Å²) < 4.78 is 0. The van der Waals surface area contributed by atoms with E-state index in [1.165, 1.54) is 37.7 Å². The lowest BCUT2D eigenvalue weighted by Gasteiger charge is -2.18. The van der Waals surface area contributed by atoms with Crippen LogP contribution in [-0.4, -0.2) is 6.54 Å². The molecule has 0 amide bonds. The summed E-state index contributed by atoms with van der Waals surface area (Å²) in [6, 6.07) is 10.9. The first-order chi connectivity index (χ1) is 7.40. The molecule has 1 saturated carbocycles. The molecule has 2 N–H and O–H groups in total. The highest BCUT2D eigenvalue weighted by Gasteiger charge is 2.26. The summed E-state index contributed by atoms with van der Waals surface area (Å²) in [6.07, 6.45) is 6.68. The Hall–Kier alpha value is -0.820. The average molecular weight is 203 g/mol. The van der Waals surface area contributed by atoms with Crippen LogP contribution in [0.1, 0.15) is 31.2 Å². The number of hydrogen-bond acceptors (Lipinski definition) is 1. The smallest absolute Gasteiger partial charge is 0.00745 e. The van der Waals surface area contributed by atoms with Gasteiger partial charge in [-0.25, -0.2) is 0 Å². The molecule has 0 heterocycles. The summed E-state index contributed by atoms with van der Waals surface area (Å²) in [6.45, 7) is 0.857. The Balaban J connectivity index is 1.93. The SMILES string of the molecule is NCCC1CCCC1Cc1ccccc1. The molecule has 0 saturated heterocycles. The Kier molecular flexibility index (Phi) is 3.79. The topological polar surface area (TPSA) is 26.0 Å². The van der Waals surface area contributed by atoms with Crippen LogP contribution in [0.5, 0.6) is 0 Å². The molecule has 2 atom stereocenters. The van der Waals surface area contributed by atoms with Crippen molar-refractivity contribution in [2.75, 3.05) is 6.54 Å². The van der Waals surface area contributed by atoms with E-state index >= 15 is 0 Å². The van der Waals surface area contributed by atoms with Crippen LogP contribution in [-0.2, 0) is 6.42 Å². The van der Waals surface area contributed by atoms with E-state index in [4.69, 9.17) is 5.73 Å². The van der Waals surface area contributed by atoms with Gasteiger partial charge in [0, 0.05) is 0 Å². The fourth-order valence-electron chi connectivity index (χ4n) is 2.89. The van der Waals surface area contributed by atoms with Crippen molar-refractivity contribution in [1.29, 1.82) is 0 Å². The Labute approximate surface area is 92.7 Å². The van der Waals surface area contributed by atoms with E-state index in [1.54, 1.807) is 0 Å². The Bertz CT molecular complexity index is 281. The third-order valence-electron chi connectivity index (χ3n) is 3.69. The van der Waals surface area contributed by atoms with Crippen molar-refractivity contribution in [2.45, 2.75) is 32.1 Å². The van der Waals surface area contributed by atoms with Gasteiger partial charge in [0.2, 0.25) is 0 Å². The maximum atomic E-state index is 5.66. The van der Waals surface area contributed by atoms with Crippen molar-refractivity contribution >= 4 is 0 Å². The Morgan fingerprint density at radius 1 is 1.07 bits per heavy atom. The highest BCUT2D eigenvalue weighted by Crippen LogP contribution is 2.35. The lowest BCUT2D eigenvalue weighted by molar-refractivity contribution is 0.367. The van der Waals surface area contributed by atoms with Gasteiger partial charge in [-0.05, 0) is 43.2 Å². The van der Waals surface area contributed by atoms with Gasteiger partial charge in [-0.2, -0.15) is 0 Å². The highest BCUT2D eigenvalue weighted by atomic mass is 14.5. The van der Waals surface area contributed by atoms with Gasteiger partial charge in [-0.1, -0.05) is 43.2 Å². The van der Waals surface area contributed by atoms with E-state index < -0.39 is 0 Å². The summed E-state index contributed by atoms with van der Waals surface area (Å²) in [5.41, 5.74) is 7.16. The van der Waals surface area contributed by atoms with Crippen LogP contribution in [0.2, 0.25) is 0 Å². The fourth-order valence-corrected chi connectivity index (χ4v) is 2.89. The molecule has 2 unspecified atom stereocenters. The molecule has 82 valence electrons. The quantitative estimate of drug-likeness (QED) is 0.800. The first-order valence-corrected chi connectivity index (χ1v) is 6.14. The average Bonchev–Trinajstić information content (AvgIpc) is 2.68. The van der Waals surface area contributed by atoms with E-state index in [0.29, 0.717) is 0 Å². The van der Waals surface area contributed by atoms with Crippen LogP contribution >= 0.6 is 0 Å². The van der Waals surface area contributed by atoms with Crippen LogP contribution in [0.15, 0.2) is 30.3 Å². The second-order valence-corrected chi connectivity index (χ2v) is 4.72. The predicted molar refractivity (Wildman–Crippen MR) is 64.6 cm³/mol. The maximum Gasteiger partial charge on any atom is -0.00745 e. The minimum Gasteiger partial charge on any atom is -0.330 e. The molecule has 1 fully saturated rings. The molecule has 2 rings (SSSR count). The van der Waals surface area contributed by atoms with E-state index in [1.807, 2.05) is 0 Å². The van der Waals surface area contributed by atoms with E-state index in [2.05, 4.69) is 30.3 Å². The van der Waals surface area contributed by atoms with Gasteiger partial charge in [0.15, 0.2) is 0 Å². The maximum absolute atomic E-state index is 5.66. The van der Waals surface area contributed by atoms with Gasteiger partial charge in [0.25, 0.3) is 0 Å². The van der Waals surface area contributed by atoms with E-state index in [0.717, 1.165) is 18.4 Å². The summed E-state index contributed by atoms with van der Waals surface area (Å²) in [5, 5.41) is 0. The zero-order chi connectivity index (χ0) is 10.5. The first kappa shape index (κ1) is 10.7. The first-order valence-electron chi connectivity index (χ1n) is 6.14. The monoisotopic (exact) mass is 203 g/mol. The molecule has 1 aliphatic rings. The summed E-state index contributed by atoms with van der Waals surface area (Å²) in [4.78, 5) is 0. The van der Waals surface area contributed by atoms with Gasteiger partial charge in [0.05, 0.1) is 0 Å². The zero-order valence-corrected chi connectivity index (χ0v) is 9.36. The molecular formula is C14H21N. The summed E-state index contributed by atoms with van der Waals surface area (Å²) in [5.74, 6) is 1.77. The molecule has 0 spiro atoms. The van der Waals surface area contributed by atoms with Crippen LogP contribution < -0.4 is 5.73 Å². The molecule has 1 heteroatoms. The van der Waals surface area contributed by atoms with Crippen LogP contribution in [0, 0.1) is 11.8 Å². The molecule has 1 nitrogen and oxygen atoms in total. The van der Waals surface area contributed by atoms with Crippen molar-refractivity contribution in [3.63, 3.8) is 0 Å². The number of hydrogen-bond donors (Lipinski definition) is 1. The third kappa shape index (κ3) is 2.82. The van der Waals surface area contributed by atoms with Gasteiger partial charge >= 0.3 is 0 Å². The van der Waals surface area contributed by atoms with Crippen molar-refractivity contribution in [1.82, 2.24) is 0 Å². The largest absolute Gasteiger partial charge is 0.330 e. The standard InChI is InChI=1S/C14H21N/c15-10-9-13-7-4-8-14(13)11-12-5-2-1-3-6-12/h1-3,5-6,13-14H,4,7-11,15H2. The number of benzene rings is 1. The Morgan fingerprint density at radius 2 is 1.80 bits per heavy atom. The molecular weight excluding hydrogens is 182 g/mol. The van der Waals surface area contributed by atoms with Crippen molar-refractivity contribution in [3.05, 3.63) is 35.9 Å². The molecule has 0 aromatic heterocycles. The predicted octanol–water partition coefficient (Wildman–Crippen LogP) is 2.99. The van der Waals surface area contributed by atoms with Crippen LogP contribution in [0.25, 0.3) is 0 Å². The summed E-state index contributed by atoms with van der Waals surface area (Å²) >= 11 is 0. The number of rotatable bonds is 4. The van der Waals surface area contributed by atoms with Gasteiger partial charge in [-0.15, -0.1) is 0 Å². The minimum absolute atomic E-state index is 0.857. The molecule has 1 aliphatic carbocycles. The molecule has 1 aromatic rings. The van der Waals surface area contributed by atoms with E-state index in [-0.39, 0.29) is 0 Å². The summed E-state index contributed by atoms with van der Waals surface area (Å²) in [7, 11) is 0. The molecule has 0 radical (unpaired) electrons.